The van der Waals surface area contributed by atoms with Crippen molar-refractivity contribution < 1.29 is 27.1 Å². The van der Waals surface area contributed by atoms with Crippen molar-refractivity contribution in [3.05, 3.63) is 84.2 Å². The summed E-state index contributed by atoms with van der Waals surface area (Å²) in [6.45, 7) is 1.60. The number of halogens is 1. The maximum Gasteiger partial charge on any atom is 0.261 e. The molecule has 9 heteroatoms. The van der Waals surface area contributed by atoms with Crippen molar-refractivity contribution in [2.75, 3.05) is 18.4 Å². The van der Waals surface area contributed by atoms with Crippen LogP contribution in [-0.4, -0.2) is 28.0 Å². The molecule has 168 valence electrons. The predicted molar refractivity (Wildman–Crippen MR) is 119 cm³/mol. The Balaban J connectivity index is 1.56. The number of ether oxygens (including phenoxy) is 2. The smallest absolute Gasteiger partial charge is 0.261 e. The van der Waals surface area contributed by atoms with Gasteiger partial charge in [0.15, 0.2) is 6.61 Å². The molecule has 0 saturated carbocycles. The first-order valence-corrected chi connectivity index (χ1v) is 11.2. The van der Waals surface area contributed by atoms with Crippen LogP contribution < -0.4 is 19.5 Å². The average Bonchev–Trinajstić information content (AvgIpc) is 2.79. The number of hydrogen-bond donors (Lipinski definition) is 2. The minimum absolute atomic E-state index is 0.00317. The fourth-order valence-corrected chi connectivity index (χ4v) is 4.04. The summed E-state index contributed by atoms with van der Waals surface area (Å²) in [6, 6.07) is 17.7. The molecule has 3 aromatic carbocycles. The molecule has 0 aliphatic rings. The van der Waals surface area contributed by atoms with E-state index in [0.717, 1.165) is 17.7 Å². The Morgan fingerprint density at radius 1 is 1.00 bits per heavy atom. The molecule has 0 saturated heterocycles. The van der Waals surface area contributed by atoms with Gasteiger partial charge in [0.05, 0.1) is 18.0 Å². The topological polar surface area (TPSA) is 93.7 Å². The molecule has 0 bridgehead atoms. The van der Waals surface area contributed by atoms with Crippen LogP contribution in [0.4, 0.5) is 10.1 Å². The van der Waals surface area contributed by atoms with Crippen molar-refractivity contribution in [1.29, 1.82) is 0 Å². The van der Waals surface area contributed by atoms with Crippen molar-refractivity contribution in [3.8, 4) is 11.5 Å². The zero-order chi connectivity index (χ0) is 23.1. The Bertz CT molecular complexity index is 1170. The fraction of sp³-hybridized carbons (Fsp3) is 0.174. The molecule has 1 amide bonds. The van der Waals surface area contributed by atoms with E-state index in [9.17, 15) is 17.6 Å². The summed E-state index contributed by atoms with van der Waals surface area (Å²) in [7, 11) is -2.28. The average molecular weight is 459 g/mol. The third kappa shape index (κ3) is 5.98. The van der Waals surface area contributed by atoms with Gasteiger partial charge >= 0.3 is 0 Å². The lowest BCUT2D eigenvalue weighted by Crippen LogP contribution is -2.31. The largest absolute Gasteiger partial charge is 0.496 e. The summed E-state index contributed by atoms with van der Waals surface area (Å²) in [4.78, 5) is 12.2. The van der Waals surface area contributed by atoms with Crippen LogP contribution in [0.15, 0.2) is 77.7 Å². The normalized spacial score (nSPS) is 12.0. The van der Waals surface area contributed by atoms with Gasteiger partial charge in [-0.25, -0.2) is 12.8 Å². The monoisotopic (exact) mass is 458 g/mol. The van der Waals surface area contributed by atoms with Crippen LogP contribution >= 0.6 is 0 Å². The number of benzene rings is 3. The molecule has 0 aromatic heterocycles. The van der Waals surface area contributed by atoms with E-state index >= 15 is 0 Å². The van der Waals surface area contributed by atoms with Gasteiger partial charge < -0.3 is 14.8 Å². The van der Waals surface area contributed by atoms with Crippen molar-refractivity contribution in [3.63, 3.8) is 0 Å². The molecule has 2 N–H and O–H groups in total. The first-order chi connectivity index (χ1) is 15.3. The summed E-state index contributed by atoms with van der Waals surface area (Å²) in [5.74, 6) is 0.215. The van der Waals surface area contributed by atoms with E-state index in [0.29, 0.717) is 11.5 Å². The lowest BCUT2D eigenvalue weighted by atomic mass is 10.1. The van der Waals surface area contributed by atoms with Gasteiger partial charge in [-0.15, -0.1) is 0 Å². The van der Waals surface area contributed by atoms with E-state index in [2.05, 4.69) is 10.0 Å². The molecule has 32 heavy (non-hydrogen) atoms. The number of anilines is 1. The van der Waals surface area contributed by atoms with Crippen LogP contribution in [0.2, 0.25) is 0 Å². The number of rotatable bonds is 9. The van der Waals surface area contributed by atoms with Gasteiger partial charge in [-0.05, 0) is 61.5 Å². The highest BCUT2D eigenvalue weighted by Gasteiger charge is 2.16. The number of para-hydroxylation sites is 1. The summed E-state index contributed by atoms with van der Waals surface area (Å²) in [5.41, 5.74) is 1.08. The predicted octanol–water partition coefficient (Wildman–Crippen LogP) is 3.89. The van der Waals surface area contributed by atoms with E-state index in [-0.39, 0.29) is 29.1 Å². The summed E-state index contributed by atoms with van der Waals surface area (Å²) in [5, 5.41) is 2.83. The number of carbonyl (C=O) groups is 1. The van der Waals surface area contributed by atoms with Crippen molar-refractivity contribution in [1.82, 2.24) is 5.32 Å². The molecule has 1 atom stereocenters. The number of methoxy groups -OCH3 is 1. The molecule has 3 aromatic rings. The Labute approximate surface area is 186 Å². The Morgan fingerprint density at radius 2 is 1.66 bits per heavy atom. The highest BCUT2D eigenvalue weighted by Crippen LogP contribution is 2.24. The van der Waals surface area contributed by atoms with Gasteiger partial charge in [0.1, 0.15) is 17.3 Å². The zero-order valence-corrected chi connectivity index (χ0v) is 18.4. The Morgan fingerprint density at radius 3 is 2.31 bits per heavy atom. The maximum absolute atomic E-state index is 13.0. The number of sulfonamides is 1. The van der Waals surface area contributed by atoms with Crippen LogP contribution in [0.3, 0.4) is 0 Å². The lowest BCUT2D eigenvalue weighted by Gasteiger charge is -2.17. The van der Waals surface area contributed by atoms with Gasteiger partial charge in [0.25, 0.3) is 15.9 Å². The number of amides is 1. The minimum Gasteiger partial charge on any atom is -0.496 e. The lowest BCUT2D eigenvalue weighted by molar-refractivity contribution is -0.123. The molecule has 7 nitrogen and oxygen atoms in total. The first-order valence-electron chi connectivity index (χ1n) is 9.72. The van der Waals surface area contributed by atoms with Crippen LogP contribution in [0.5, 0.6) is 11.5 Å². The minimum atomic E-state index is -3.85. The number of carbonyl (C=O) groups excluding carboxylic acids is 1. The van der Waals surface area contributed by atoms with Gasteiger partial charge in [-0.1, -0.05) is 18.2 Å². The fourth-order valence-electron chi connectivity index (χ4n) is 2.98. The van der Waals surface area contributed by atoms with Crippen molar-refractivity contribution in [2.45, 2.75) is 17.9 Å². The number of nitrogens with one attached hydrogen (secondary N) is 2. The quantitative estimate of drug-likeness (QED) is 0.507. The van der Waals surface area contributed by atoms with Crippen molar-refractivity contribution in [2.24, 2.45) is 0 Å². The van der Waals surface area contributed by atoms with E-state index in [1.165, 1.54) is 36.4 Å². The molecule has 0 aliphatic carbocycles. The van der Waals surface area contributed by atoms with Crippen LogP contribution in [0, 0.1) is 5.82 Å². The molecule has 0 spiro atoms. The summed E-state index contributed by atoms with van der Waals surface area (Å²) >= 11 is 0. The van der Waals surface area contributed by atoms with E-state index < -0.39 is 15.8 Å². The number of hydrogen-bond acceptors (Lipinski definition) is 5. The molecule has 0 fully saturated rings. The van der Waals surface area contributed by atoms with E-state index in [1.54, 1.807) is 7.11 Å². The molecule has 3 rings (SSSR count). The molecule has 0 unspecified atom stereocenters. The molecule has 0 radical (unpaired) electrons. The highest BCUT2D eigenvalue weighted by atomic mass is 32.2. The molecular weight excluding hydrogens is 435 g/mol. The maximum atomic E-state index is 13.0. The van der Waals surface area contributed by atoms with Crippen LogP contribution in [-0.2, 0) is 14.8 Å². The SMILES string of the molecule is COc1ccccc1[C@@H](C)NC(=O)COc1ccc(S(=O)(=O)Nc2ccc(F)cc2)cc1. The van der Waals surface area contributed by atoms with Crippen LogP contribution in [0.1, 0.15) is 18.5 Å². The standard InChI is InChI=1S/C23H23FN2O5S/c1-16(21-5-3-4-6-22(21)30-2)25-23(27)15-31-19-11-13-20(14-12-19)32(28,29)26-18-9-7-17(24)8-10-18/h3-14,16,26H,15H2,1-2H3,(H,25,27)/t16-/m1/s1. The first kappa shape index (κ1) is 23.1. The third-order valence-corrected chi connectivity index (χ3v) is 5.98. The van der Waals surface area contributed by atoms with Gasteiger partial charge in [0.2, 0.25) is 0 Å². The highest BCUT2D eigenvalue weighted by molar-refractivity contribution is 7.92. The van der Waals surface area contributed by atoms with Crippen LogP contribution in [0.25, 0.3) is 0 Å². The summed E-state index contributed by atoms with van der Waals surface area (Å²) in [6.07, 6.45) is 0. The van der Waals surface area contributed by atoms with Gasteiger partial charge in [-0.3, -0.25) is 9.52 Å². The van der Waals surface area contributed by atoms with Crippen molar-refractivity contribution >= 4 is 21.6 Å². The zero-order valence-electron chi connectivity index (χ0n) is 17.5. The van der Waals surface area contributed by atoms with Gasteiger partial charge in [0, 0.05) is 11.3 Å². The van der Waals surface area contributed by atoms with E-state index in [1.807, 2.05) is 31.2 Å². The Hall–Kier alpha value is -3.59. The molecule has 0 heterocycles. The van der Waals surface area contributed by atoms with E-state index in [4.69, 9.17) is 9.47 Å². The second-order valence-corrected chi connectivity index (χ2v) is 8.59. The molecule has 0 aliphatic heterocycles. The second-order valence-electron chi connectivity index (χ2n) is 6.90. The second kappa shape index (κ2) is 10.1. The Kier molecular flexibility index (Phi) is 7.32. The van der Waals surface area contributed by atoms with Gasteiger partial charge in [-0.2, -0.15) is 0 Å². The molecular formula is C23H23FN2O5S. The third-order valence-electron chi connectivity index (χ3n) is 4.58. The summed E-state index contributed by atoms with van der Waals surface area (Å²) < 4.78 is 51.0.